The number of carbonyl (C=O) groups excluding carboxylic acids is 2. The summed E-state index contributed by atoms with van der Waals surface area (Å²) in [5, 5.41) is 6.41. The third-order valence-corrected chi connectivity index (χ3v) is 2.01. The minimum Gasteiger partial charge on any atom is -0.370 e. The summed E-state index contributed by atoms with van der Waals surface area (Å²) in [6, 6.07) is 0. The Balaban J connectivity index is 2.59. The van der Waals surface area contributed by atoms with Gasteiger partial charge in [-0.3, -0.25) is 14.3 Å². The van der Waals surface area contributed by atoms with Crippen LogP contribution in [0.25, 0.3) is 0 Å². The summed E-state index contributed by atoms with van der Waals surface area (Å²) >= 11 is 0. The highest BCUT2D eigenvalue weighted by Gasteiger charge is 2.16. The number of primary amides is 1. The Morgan fingerprint density at radius 3 is 2.88 bits per heavy atom. The van der Waals surface area contributed by atoms with E-state index in [1.807, 2.05) is 0 Å². The maximum Gasteiger partial charge on any atom is 0.254 e. The Morgan fingerprint density at radius 2 is 2.35 bits per heavy atom. The van der Waals surface area contributed by atoms with E-state index in [0.717, 1.165) is 0 Å². The molecule has 1 unspecified atom stereocenters. The third kappa shape index (κ3) is 3.85. The second-order valence-electron chi connectivity index (χ2n) is 3.34. The Labute approximate surface area is 97.9 Å². The number of nitrogens with one attached hydrogen (secondary N) is 1. The van der Waals surface area contributed by atoms with Gasteiger partial charge in [0, 0.05) is 19.9 Å². The minimum atomic E-state index is -0.713. The standard InChI is InChI=1S/C9H15N5O3/c1-17-7(2-10)9(16)13-6-3-12-14(4-6)5-8(11)15/h3-4,7H,2,5,10H2,1H3,(H2,11,15)(H,13,16). The lowest BCUT2D eigenvalue weighted by Crippen LogP contribution is -2.35. The second-order valence-corrected chi connectivity index (χ2v) is 3.34. The molecule has 1 rings (SSSR count). The molecule has 0 saturated carbocycles. The lowest BCUT2D eigenvalue weighted by atomic mass is 10.3. The smallest absolute Gasteiger partial charge is 0.254 e. The molecule has 0 aliphatic heterocycles. The van der Waals surface area contributed by atoms with Crippen molar-refractivity contribution in [2.75, 3.05) is 19.0 Å². The summed E-state index contributed by atoms with van der Waals surface area (Å²) in [5.41, 5.74) is 10.8. The lowest BCUT2D eigenvalue weighted by Gasteiger charge is -2.11. The van der Waals surface area contributed by atoms with Gasteiger partial charge in [0.15, 0.2) is 0 Å². The number of hydrogen-bond acceptors (Lipinski definition) is 5. The average Bonchev–Trinajstić information content (AvgIpc) is 2.66. The van der Waals surface area contributed by atoms with E-state index in [9.17, 15) is 9.59 Å². The highest BCUT2D eigenvalue weighted by Crippen LogP contribution is 2.05. The normalized spacial score (nSPS) is 12.1. The highest BCUT2D eigenvalue weighted by molar-refractivity contribution is 5.94. The van der Waals surface area contributed by atoms with Crippen LogP contribution in [0.2, 0.25) is 0 Å². The molecule has 1 atom stereocenters. The van der Waals surface area contributed by atoms with Gasteiger partial charge in [-0.2, -0.15) is 5.10 Å². The quantitative estimate of drug-likeness (QED) is 0.546. The van der Waals surface area contributed by atoms with Crippen LogP contribution in [0.3, 0.4) is 0 Å². The van der Waals surface area contributed by atoms with E-state index in [1.54, 1.807) is 0 Å². The maximum absolute atomic E-state index is 11.6. The molecule has 17 heavy (non-hydrogen) atoms. The molecular weight excluding hydrogens is 226 g/mol. The number of aromatic nitrogens is 2. The summed E-state index contributed by atoms with van der Waals surface area (Å²) in [7, 11) is 1.40. The molecule has 0 saturated heterocycles. The summed E-state index contributed by atoms with van der Waals surface area (Å²) < 4.78 is 6.19. The maximum atomic E-state index is 11.6. The van der Waals surface area contributed by atoms with E-state index >= 15 is 0 Å². The molecule has 2 amide bonds. The summed E-state index contributed by atoms with van der Waals surface area (Å²) in [6.07, 6.45) is 2.19. The number of methoxy groups -OCH3 is 1. The molecule has 0 aliphatic rings. The fraction of sp³-hybridized carbons (Fsp3) is 0.444. The molecule has 1 aromatic heterocycles. The lowest BCUT2D eigenvalue weighted by molar-refractivity contribution is -0.125. The van der Waals surface area contributed by atoms with E-state index in [1.165, 1.54) is 24.2 Å². The molecule has 0 fully saturated rings. The first-order valence-electron chi connectivity index (χ1n) is 4.91. The van der Waals surface area contributed by atoms with Crippen LogP contribution in [0.1, 0.15) is 0 Å². The summed E-state index contributed by atoms with van der Waals surface area (Å²) in [4.78, 5) is 22.2. The molecular formula is C9H15N5O3. The van der Waals surface area contributed by atoms with Crippen molar-refractivity contribution in [3.63, 3.8) is 0 Å². The van der Waals surface area contributed by atoms with Crippen LogP contribution in [0.4, 0.5) is 5.69 Å². The van der Waals surface area contributed by atoms with Crippen molar-refractivity contribution in [3.8, 4) is 0 Å². The molecule has 0 spiro atoms. The second kappa shape index (κ2) is 5.97. The molecule has 1 heterocycles. The van der Waals surface area contributed by atoms with E-state index in [-0.39, 0.29) is 19.0 Å². The number of nitrogens with two attached hydrogens (primary N) is 2. The number of hydrogen-bond donors (Lipinski definition) is 3. The van der Waals surface area contributed by atoms with Gasteiger partial charge in [-0.25, -0.2) is 0 Å². The Bertz CT molecular complexity index is 399. The number of carbonyl (C=O) groups is 2. The highest BCUT2D eigenvalue weighted by atomic mass is 16.5. The van der Waals surface area contributed by atoms with Crippen molar-refractivity contribution >= 4 is 17.5 Å². The van der Waals surface area contributed by atoms with Gasteiger partial charge in [-0.05, 0) is 0 Å². The van der Waals surface area contributed by atoms with Gasteiger partial charge < -0.3 is 21.5 Å². The van der Waals surface area contributed by atoms with Gasteiger partial charge in [0.1, 0.15) is 12.6 Å². The predicted molar refractivity (Wildman–Crippen MR) is 59.9 cm³/mol. The number of rotatable bonds is 6. The van der Waals surface area contributed by atoms with Crippen molar-refractivity contribution < 1.29 is 14.3 Å². The fourth-order valence-corrected chi connectivity index (χ4v) is 1.21. The zero-order valence-corrected chi connectivity index (χ0v) is 9.42. The number of nitrogens with zero attached hydrogens (tertiary/aromatic N) is 2. The molecule has 0 aliphatic carbocycles. The topological polar surface area (TPSA) is 125 Å². The van der Waals surface area contributed by atoms with Crippen molar-refractivity contribution in [3.05, 3.63) is 12.4 Å². The van der Waals surface area contributed by atoms with E-state index < -0.39 is 12.0 Å². The van der Waals surface area contributed by atoms with Gasteiger partial charge in [-0.1, -0.05) is 0 Å². The van der Waals surface area contributed by atoms with Gasteiger partial charge in [0.25, 0.3) is 5.91 Å². The SMILES string of the molecule is COC(CN)C(=O)Nc1cnn(CC(N)=O)c1. The molecule has 8 nitrogen and oxygen atoms in total. The Kier molecular flexibility index (Phi) is 4.61. The molecule has 0 radical (unpaired) electrons. The number of anilines is 1. The fourth-order valence-electron chi connectivity index (χ4n) is 1.21. The molecule has 8 heteroatoms. The van der Waals surface area contributed by atoms with Gasteiger partial charge in [0.2, 0.25) is 5.91 Å². The molecule has 0 bridgehead atoms. The van der Waals surface area contributed by atoms with E-state index in [2.05, 4.69) is 10.4 Å². The first-order valence-corrected chi connectivity index (χ1v) is 4.91. The van der Waals surface area contributed by atoms with Crippen LogP contribution < -0.4 is 16.8 Å². The number of ether oxygens (including phenoxy) is 1. The van der Waals surface area contributed by atoms with Crippen LogP contribution in [0.5, 0.6) is 0 Å². The predicted octanol–water partition coefficient (Wildman–Crippen LogP) is -1.72. The van der Waals surface area contributed by atoms with Crippen molar-refractivity contribution in [2.45, 2.75) is 12.6 Å². The van der Waals surface area contributed by atoms with E-state index in [4.69, 9.17) is 16.2 Å². The summed E-state index contributed by atoms with van der Waals surface area (Å²) in [6.45, 7) is 0.0399. The first kappa shape index (κ1) is 13.1. The van der Waals surface area contributed by atoms with Crippen molar-refractivity contribution in [2.24, 2.45) is 11.5 Å². The van der Waals surface area contributed by atoms with Crippen LogP contribution in [0, 0.1) is 0 Å². The summed E-state index contributed by atoms with van der Waals surface area (Å²) in [5.74, 6) is -0.878. The molecule has 1 aromatic rings. The van der Waals surface area contributed by atoms with Crippen molar-refractivity contribution in [1.82, 2.24) is 9.78 Å². The van der Waals surface area contributed by atoms with Crippen LogP contribution in [0.15, 0.2) is 12.4 Å². The molecule has 5 N–H and O–H groups in total. The number of amides is 2. The molecule has 0 aromatic carbocycles. The largest absolute Gasteiger partial charge is 0.370 e. The minimum absolute atomic E-state index is 0.0412. The van der Waals surface area contributed by atoms with Gasteiger partial charge in [0.05, 0.1) is 11.9 Å². The molecule has 94 valence electrons. The average molecular weight is 241 g/mol. The Morgan fingerprint density at radius 1 is 1.65 bits per heavy atom. The Hall–Kier alpha value is -1.93. The van der Waals surface area contributed by atoms with E-state index in [0.29, 0.717) is 5.69 Å². The third-order valence-electron chi connectivity index (χ3n) is 2.01. The van der Waals surface area contributed by atoms with Gasteiger partial charge in [-0.15, -0.1) is 0 Å². The zero-order valence-electron chi connectivity index (χ0n) is 9.42. The first-order chi connectivity index (χ1) is 8.06. The van der Waals surface area contributed by atoms with Crippen LogP contribution >= 0.6 is 0 Å². The van der Waals surface area contributed by atoms with Crippen molar-refractivity contribution in [1.29, 1.82) is 0 Å². The monoisotopic (exact) mass is 241 g/mol. The van der Waals surface area contributed by atoms with Crippen LogP contribution in [-0.2, 0) is 20.9 Å². The van der Waals surface area contributed by atoms with Crippen LogP contribution in [-0.4, -0.2) is 41.4 Å². The van der Waals surface area contributed by atoms with Gasteiger partial charge >= 0.3 is 0 Å². The zero-order chi connectivity index (χ0) is 12.8.